The molecule has 0 rings (SSSR count). The first-order chi connectivity index (χ1) is 5.77. The average molecular weight is 214 g/mol. The van der Waals surface area contributed by atoms with E-state index in [0.29, 0.717) is 6.42 Å². The zero-order valence-corrected chi connectivity index (χ0v) is 10.9. The molecule has 0 saturated carbocycles. The van der Waals surface area contributed by atoms with Crippen molar-refractivity contribution in [3.05, 3.63) is 0 Å². The van der Waals surface area contributed by atoms with Gasteiger partial charge in [0.2, 0.25) is 0 Å². The van der Waals surface area contributed by atoms with Crippen LogP contribution in [-0.2, 0) is 4.79 Å². The van der Waals surface area contributed by atoms with Gasteiger partial charge in [-0.15, -0.1) is 0 Å². The summed E-state index contributed by atoms with van der Waals surface area (Å²) in [7, 11) is 0. The molecule has 2 nitrogen and oxygen atoms in total. The van der Waals surface area contributed by atoms with Gasteiger partial charge >= 0.3 is 43.7 Å². The number of aliphatic carboxylic acids is 1. The quantitative estimate of drug-likeness (QED) is 0.498. The zero-order chi connectivity index (χ0) is 9.23. The first-order valence-corrected chi connectivity index (χ1v) is 4.99. The van der Waals surface area contributed by atoms with Gasteiger partial charge in [-0.25, -0.2) is 0 Å². The molecule has 0 aliphatic rings. The van der Waals surface area contributed by atoms with Crippen molar-refractivity contribution >= 4 is 43.7 Å². The monoisotopic (exact) mass is 214 g/mol. The molecule has 0 atom stereocenters. The van der Waals surface area contributed by atoms with Gasteiger partial charge < -0.3 is 7.96 Å². The number of rotatable bonds is 8. The fourth-order valence-corrected chi connectivity index (χ4v) is 1.23. The van der Waals surface area contributed by atoms with E-state index >= 15 is 0 Å². The number of carboxylic acids is 1. The van der Waals surface area contributed by atoms with E-state index in [2.05, 4.69) is 6.92 Å². The third-order valence-electron chi connectivity index (χ3n) is 1.99. The molecule has 0 aromatic heterocycles. The Balaban J connectivity index is -0.000000202. The molecule has 0 spiro atoms. The summed E-state index contributed by atoms with van der Waals surface area (Å²) in [4.78, 5) is 10.1. The summed E-state index contributed by atoms with van der Waals surface area (Å²) in [6.45, 7) is 2.20. The largest absolute Gasteiger partial charge is 2.00 e. The van der Waals surface area contributed by atoms with Crippen molar-refractivity contribution < 1.29 is 12.8 Å². The number of hydrogen-bond acceptors (Lipinski definition) is 1. The van der Waals surface area contributed by atoms with Crippen molar-refractivity contribution in [3.63, 3.8) is 0 Å². The molecular weight excluding hydrogens is 192 g/mol. The number of carboxylic acid groups (broad SMARTS) is 1. The Bertz CT molecular complexity index is 124. The maximum absolute atomic E-state index is 10.1. The molecule has 0 radical (unpaired) electrons. The second-order valence-corrected chi connectivity index (χ2v) is 3.27. The number of unbranched alkanes of at least 4 members (excludes halogenated alkanes) is 6. The van der Waals surface area contributed by atoms with Crippen LogP contribution in [0.3, 0.4) is 0 Å². The third kappa shape index (κ3) is 15.5. The van der Waals surface area contributed by atoms with Gasteiger partial charge in [0.1, 0.15) is 0 Å². The molecule has 0 aliphatic carbocycles. The second-order valence-electron chi connectivity index (χ2n) is 3.27. The summed E-state index contributed by atoms with van der Waals surface area (Å²) in [5.74, 6) is -0.663. The summed E-state index contributed by atoms with van der Waals surface area (Å²) in [5.41, 5.74) is 0. The van der Waals surface area contributed by atoms with Crippen molar-refractivity contribution in [1.82, 2.24) is 0 Å². The summed E-state index contributed by atoms with van der Waals surface area (Å²) < 4.78 is 0. The molecule has 0 aliphatic heterocycles. The van der Waals surface area contributed by atoms with E-state index in [1.807, 2.05) is 0 Å². The van der Waals surface area contributed by atoms with Gasteiger partial charge in [-0.3, -0.25) is 4.79 Å². The first-order valence-electron chi connectivity index (χ1n) is 4.99. The minimum absolute atomic E-state index is 0. The van der Waals surface area contributed by atoms with Gasteiger partial charge in [-0.2, -0.15) is 0 Å². The van der Waals surface area contributed by atoms with E-state index in [9.17, 15) is 4.79 Å². The molecule has 0 aromatic rings. The zero-order valence-electron chi connectivity index (χ0n) is 10.7. The smallest absolute Gasteiger partial charge is 1.00 e. The van der Waals surface area contributed by atoms with Crippen LogP contribution in [0.4, 0.5) is 0 Å². The molecule has 0 aromatic carbocycles. The molecule has 13 heavy (non-hydrogen) atoms. The molecule has 0 fully saturated rings. The van der Waals surface area contributed by atoms with Crippen LogP contribution in [0.15, 0.2) is 0 Å². The van der Waals surface area contributed by atoms with Crippen LogP contribution in [0.1, 0.15) is 61.1 Å². The van der Waals surface area contributed by atoms with Crippen molar-refractivity contribution in [2.75, 3.05) is 0 Å². The standard InChI is InChI=1S/C10H20O2.Ca.2H/c1-2-3-4-5-6-7-8-9-10(11)12;;;/h2-9H2,1H3,(H,11,12);;;/q;+2;2*-1. The maximum atomic E-state index is 10.1. The van der Waals surface area contributed by atoms with E-state index in [-0.39, 0.29) is 40.6 Å². The van der Waals surface area contributed by atoms with Crippen LogP contribution in [0.5, 0.6) is 0 Å². The van der Waals surface area contributed by atoms with E-state index in [4.69, 9.17) is 5.11 Å². The fraction of sp³-hybridized carbons (Fsp3) is 0.900. The van der Waals surface area contributed by atoms with Crippen molar-refractivity contribution in [3.8, 4) is 0 Å². The molecule has 0 saturated heterocycles. The summed E-state index contributed by atoms with van der Waals surface area (Å²) >= 11 is 0. The average Bonchev–Trinajstić information content (AvgIpc) is 2.02. The second kappa shape index (κ2) is 12.7. The van der Waals surface area contributed by atoms with Crippen LogP contribution >= 0.6 is 0 Å². The minimum Gasteiger partial charge on any atom is -1.00 e. The minimum atomic E-state index is -0.663. The van der Waals surface area contributed by atoms with Gasteiger partial charge in [0, 0.05) is 6.42 Å². The maximum Gasteiger partial charge on any atom is 2.00 e. The van der Waals surface area contributed by atoms with E-state index in [1.54, 1.807) is 0 Å². The Labute approximate surface area is 114 Å². The van der Waals surface area contributed by atoms with E-state index in [0.717, 1.165) is 12.8 Å². The topological polar surface area (TPSA) is 37.3 Å². The van der Waals surface area contributed by atoms with E-state index in [1.165, 1.54) is 32.1 Å². The Morgan fingerprint density at radius 3 is 2.00 bits per heavy atom. The van der Waals surface area contributed by atoms with Crippen LogP contribution in [0.2, 0.25) is 0 Å². The molecule has 3 heteroatoms. The van der Waals surface area contributed by atoms with Crippen LogP contribution in [0, 0.1) is 0 Å². The van der Waals surface area contributed by atoms with Crippen LogP contribution in [0.25, 0.3) is 0 Å². The normalized spacial score (nSPS) is 9.31. The van der Waals surface area contributed by atoms with Gasteiger partial charge in [0.25, 0.3) is 0 Å². The molecule has 0 amide bonds. The fourth-order valence-electron chi connectivity index (χ4n) is 1.23. The first kappa shape index (κ1) is 16.2. The Morgan fingerprint density at radius 1 is 1.08 bits per heavy atom. The molecule has 0 heterocycles. The SMILES string of the molecule is CCCCCCCCCC(=O)O.[Ca+2].[H-].[H-]. The Hall–Kier alpha value is 0.730. The molecule has 0 unspecified atom stereocenters. The van der Waals surface area contributed by atoms with Gasteiger partial charge in [-0.1, -0.05) is 45.4 Å². The molecular formula is C10H22CaO2. The van der Waals surface area contributed by atoms with Gasteiger partial charge in [-0.05, 0) is 6.42 Å². The van der Waals surface area contributed by atoms with Crippen molar-refractivity contribution in [2.24, 2.45) is 0 Å². The van der Waals surface area contributed by atoms with Gasteiger partial charge in [0.05, 0.1) is 0 Å². The van der Waals surface area contributed by atoms with Crippen LogP contribution in [-0.4, -0.2) is 48.8 Å². The molecule has 1 N–H and O–H groups in total. The molecule has 76 valence electrons. The Kier molecular flexibility index (Phi) is 15.8. The molecule has 0 bridgehead atoms. The summed E-state index contributed by atoms with van der Waals surface area (Å²) in [6.07, 6.45) is 8.64. The third-order valence-corrected chi connectivity index (χ3v) is 1.99. The summed E-state index contributed by atoms with van der Waals surface area (Å²) in [5, 5.41) is 8.35. The van der Waals surface area contributed by atoms with Crippen molar-refractivity contribution in [1.29, 1.82) is 0 Å². The predicted molar refractivity (Wildman–Crippen MR) is 58.2 cm³/mol. The summed E-state index contributed by atoms with van der Waals surface area (Å²) in [6, 6.07) is 0. The van der Waals surface area contributed by atoms with Crippen molar-refractivity contribution in [2.45, 2.75) is 58.3 Å². The number of carbonyl (C=O) groups is 1. The van der Waals surface area contributed by atoms with E-state index < -0.39 is 5.97 Å². The van der Waals surface area contributed by atoms with Crippen LogP contribution < -0.4 is 0 Å². The number of hydrogen-bond donors (Lipinski definition) is 1. The van der Waals surface area contributed by atoms with Gasteiger partial charge in [0.15, 0.2) is 0 Å². The Morgan fingerprint density at radius 2 is 1.54 bits per heavy atom. The predicted octanol–water partition coefficient (Wildman–Crippen LogP) is 3.06.